The average Bonchev–Trinajstić information content (AvgIpc) is 2.67. The third-order valence-corrected chi connectivity index (χ3v) is 17.0. The number of aliphatic hydroxyl groups is 2. The highest BCUT2D eigenvalue weighted by atomic mass is 28.4. The molecular formula is C24H50O7Si2. The molecule has 2 rings (SSSR count). The second-order valence-corrected chi connectivity index (χ2v) is 22.4. The lowest BCUT2D eigenvalue weighted by Gasteiger charge is -2.42. The molecule has 0 aromatic heterocycles. The Labute approximate surface area is 203 Å². The van der Waals surface area contributed by atoms with Gasteiger partial charge in [0.1, 0.15) is 12.2 Å². The Bertz CT molecular complexity index is 563. The van der Waals surface area contributed by atoms with Crippen molar-refractivity contribution in [2.24, 2.45) is 0 Å². The van der Waals surface area contributed by atoms with Crippen LogP contribution in [0.5, 0.6) is 0 Å². The van der Waals surface area contributed by atoms with Crippen LogP contribution in [0, 0.1) is 0 Å². The number of ether oxygens (including phenoxy) is 3. The van der Waals surface area contributed by atoms with Crippen LogP contribution in [0.1, 0.15) is 67.2 Å². The smallest absolute Gasteiger partial charge is 0.192 e. The van der Waals surface area contributed by atoms with E-state index in [0.29, 0.717) is 38.9 Å². The lowest BCUT2D eigenvalue weighted by atomic mass is 10.0. The molecule has 6 atom stereocenters. The Morgan fingerprint density at radius 3 is 1.30 bits per heavy atom. The Balaban J connectivity index is 1.89. The number of rotatable bonds is 8. The minimum Gasteiger partial charge on any atom is -0.414 e. The molecule has 0 radical (unpaired) electrons. The summed E-state index contributed by atoms with van der Waals surface area (Å²) in [5.74, 6) is 0. The fourth-order valence-electron chi connectivity index (χ4n) is 3.38. The van der Waals surface area contributed by atoms with E-state index in [9.17, 15) is 10.2 Å². The minimum atomic E-state index is -1.93. The van der Waals surface area contributed by atoms with Crippen LogP contribution in [0.4, 0.5) is 0 Å². The summed E-state index contributed by atoms with van der Waals surface area (Å²) >= 11 is 0. The molecule has 0 aromatic rings. The highest BCUT2D eigenvalue weighted by molar-refractivity contribution is 6.74. The molecule has 2 aliphatic rings. The van der Waals surface area contributed by atoms with Crippen LogP contribution in [0.25, 0.3) is 0 Å². The van der Waals surface area contributed by atoms with E-state index in [2.05, 4.69) is 67.7 Å². The van der Waals surface area contributed by atoms with Crippen LogP contribution in [0.3, 0.4) is 0 Å². The summed E-state index contributed by atoms with van der Waals surface area (Å²) in [5, 5.41) is 21.1. The monoisotopic (exact) mass is 506 g/mol. The molecule has 2 N–H and O–H groups in total. The van der Waals surface area contributed by atoms with Crippen LogP contribution in [0.15, 0.2) is 0 Å². The average molecular weight is 507 g/mol. The standard InChI is InChI=1S/C24H50O7Si2/c1-23(2,3)32(7,8)27-15-19-17(25)11-13-21(29-19)31-22-14-12-18(26)20(30-22)16-28-33(9,10)24(4,5)6/h17-22,25-26H,11-16H2,1-10H3/t17-,18-,19+,20+,21+,22+/m0/s1. The van der Waals surface area contributed by atoms with E-state index in [1.54, 1.807) is 0 Å². The molecule has 33 heavy (non-hydrogen) atoms. The van der Waals surface area contributed by atoms with Crippen molar-refractivity contribution in [3.63, 3.8) is 0 Å². The second kappa shape index (κ2) is 11.0. The van der Waals surface area contributed by atoms with Gasteiger partial charge in [0.15, 0.2) is 29.2 Å². The van der Waals surface area contributed by atoms with E-state index < -0.39 is 53.6 Å². The molecule has 2 saturated heterocycles. The predicted molar refractivity (Wildman–Crippen MR) is 135 cm³/mol. The fraction of sp³-hybridized carbons (Fsp3) is 1.00. The first-order valence-corrected chi connectivity index (χ1v) is 18.3. The molecule has 0 amide bonds. The van der Waals surface area contributed by atoms with E-state index in [1.165, 1.54) is 0 Å². The van der Waals surface area contributed by atoms with Crippen LogP contribution >= 0.6 is 0 Å². The van der Waals surface area contributed by atoms with Gasteiger partial charge in [0.2, 0.25) is 0 Å². The van der Waals surface area contributed by atoms with Crippen molar-refractivity contribution in [1.82, 2.24) is 0 Å². The quantitative estimate of drug-likeness (QED) is 0.458. The molecule has 0 aliphatic carbocycles. The summed E-state index contributed by atoms with van der Waals surface area (Å²) in [4.78, 5) is 0. The van der Waals surface area contributed by atoms with Crippen molar-refractivity contribution in [3.8, 4) is 0 Å². The van der Waals surface area contributed by atoms with E-state index >= 15 is 0 Å². The van der Waals surface area contributed by atoms with Gasteiger partial charge in [-0.15, -0.1) is 0 Å². The predicted octanol–water partition coefficient (Wildman–Crippen LogP) is 4.78. The normalized spacial score (nSPS) is 32.7. The minimum absolute atomic E-state index is 0.0980. The fourth-order valence-corrected chi connectivity index (χ4v) is 5.40. The first-order valence-electron chi connectivity index (χ1n) is 12.5. The van der Waals surface area contributed by atoms with Gasteiger partial charge in [0, 0.05) is 12.8 Å². The second-order valence-electron chi connectivity index (χ2n) is 12.8. The third-order valence-electron chi connectivity index (χ3n) is 8.04. The molecule has 0 unspecified atom stereocenters. The van der Waals surface area contributed by atoms with Crippen LogP contribution in [-0.4, -0.2) is 77.1 Å². The highest BCUT2D eigenvalue weighted by Crippen LogP contribution is 2.38. The van der Waals surface area contributed by atoms with E-state index in [4.69, 9.17) is 23.1 Å². The molecular weight excluding hydrogens is 456 g/mol. The maximum Gasteiger partial charge on any atom is 0.192 e. The SMILES string of the molecule is CC(C)(C)[Si](C)(C)OC[C@H]1O[C@H](O[C@@H]2CC[C@H](O)[C@@H](CO[Si](C)(C)C(C)(C)C)O2)CC[C@@H]1O. The highest BCUT2D eigenvalue weighted by Gasteiger charge is 2.42. The number of hydrogen-bond acceptors (Lipinski definition) is 7. The molecule has 2 heterocycles. The Hall–Kier alpha value is 0.154. The van der Waals surface area contributed by atoms with E-state index in [1.807, 2.05) is 0 Å². The van der Waals surface area contributed by atoms with Crippen molar-refractivity contribution < 1.29 is 33.3 Å². The van der Waals surface area contributed by atoms with Crippen molar-refractivity contribution in [1.29, 1.82) is 0 Å². The molecule has 0 saturated carbocycles. The topological polar surface area (TPSA) is 86.6 Å². The summed E-state index contributed by atoms with van der Waals surface area (Å²) in [5.41, 5.74) is 0. The maximum atomic E-state index is 10.5. The summed E-state index contributed by atoms with van der Waals surface area (Å²) in [6, 6.07) is 0. The van der Waals surface area contributed by atoms with Gasteiger partial charge in [0.25, 0.3) is 0 Å². The molecule has 0 aromatic carbocycles. The van der Waals surface area contributed by atoms with Gasteiger partial charge < -0.3 is 33.3 Å². The summed E-state index contributed by atoms with van der Waals surface area (Å²) < 4.78 is 30.9. The Kier molecular flexibility index (Phi) is 9.84. The van der Waals surface area contributed by atoms with Gasteiger partial charge in [-0.25, -0.2) is 0 Å². The third kappa shape index (κ3) is 8.08. The first kappa shape index (κ1) is 29.4. The summed E-state index contributed by atoms with van der Waals surface area (Å²) in [6.07, 6.45) is -0.450. The zero-order valence-corrected chi connectivity index (χ0v) is 24.6. The maximum absolute atomic E-state index is 10.5. The largest absolute Gasteiger partial charge is 0.414 e. The van der Waals surface area contributed by atoms with Crippen molar-refractivity contribution in [2.75, 3.05) is 13.2 Å². The lowest BCUT2D eigenvalue weighted by Crippen LogP contribution is -2.50. The van der Waals surface area contributed by atoms with Crippen LogP contribution < -0.4 is 0 Å². The van der Waals surface area contributed by atoms with Gasteiger partial charge in [-0.2, -0.15) is 0 Å². The van der Waals surface area contributed by atoms with Crippen molar-refractivity contribution >= 4 is 16.6 Å². The zero-order valence-electron chi connectivity index (χ0n) is 22.6. The molecule has 2 fully saturated rings. The molecule has 0 bridgehead atoms. The molecule has 2 aliphatic heterocycles. The first-order chi connectivity index (χ1) is 14.9. The molecule has 196 valence electrons. The molecule has 0 spiro atoms. The van der Waals surface area contributed by atoms with Gasteiger partial charge in [-0.1, -0.05) is 41.5 Å². The van der Waals surface area contributed by atoms with Gasteiger partial charge in [-0.05, 0) is 49.1 Å². The van der Waals surface area contributed by atoms with Crippen LogP contribution in [-0.2, 0) is 23.1 Å². The van der Waals surface area contributed by atoms with Crippen LogP contribution in [0.2, 0.25) is 36.3 Å². The number of aliphatic hydroxyl groups excluding tert-OH is 2. The molecule has 7 nitrogen and oxygen atoms in total. The van der Waals surface area contributed by atoms with Gasteiger partial charge in [0.05, 0.1) is 25.4 Å². The van der Waals surface area contributed by atoms with Gasteiger partial charge >= 0.3 is 0 Å². The summed E-state index contributed by atoms with van der Waals surface area (Å²) in [6.45, 7) is 22.7. The Morgan fingerprint density at radius 1 is 0.667 bits per heavy atom. The van der Waals surface area contributed by atoms with Crippen molar-refractivity contribution in [2.45, 2.75) is 140 Å². The van der Waals surface area contributed by atoms with Gasteiger partial charge in [-0.3, -0.25) is 0 Å². The van der Waals surface area contributed by atoms with Crippen molar-refractivity contribution in [3.05, 3.63) is 0 Å². The van der Waals surface area contributed by atoms with E-state index in [0.717, 1.165) is 0 Å². The zero-order chi connectivity index (χ0) is 25.2. The number of hydrogen-bond donors (Lipinski definition) is 2. The lowest BCUT2D eigenvalue weighted by molar-refractivity contribution is -0.313. The Morgan fingerprint density at radius 2 is 1.00 bits per heavy atom. The summed E-state index contributed by atoms with van der Waals surface area (Å²) in [7, 11) is -3.87. The van der Waals surface area contributed by atoms with E-state index in [-0.39, 0.29) is 10.1 Å². The molecule has 9 heteroatoms.